The molecule has 0 heterocycles. The monoisotopic (exact) mass is 191 g/mol. The van der Waals surface area contributed by atoms with Crippen LogP contribution in [0.4, 0.5) is 0 Å². The van der Waals surface area contributed by atoms with E-state index in [1.807, 2.05) is 19.1 Å². The molecule has 1 atom stereocenters. The molecule has 0 aliphatic carbocycles. The molecule has 0 spiro atoms. The molecular weight excluding hydrogens is 170 g/mol. The maximum Gasteiger partial charge on any atom is 0.0810 e. The third-order valence-corrected chi connectivity index (χ3v) is 2.56. The third-order valence-electron chi connectivity index (χ3n) is 2.56. The van der Waals surface area contributed by atoms with Gasteiger partial charge in [0.25, 0.3) is 0 Å². The van der Waals surface area contributed by atoms with Crippen molar-refractivity contribution in [3.8, 4) is 6.07 Å². The Bertz CT molecular complexity index is 242. The van der Waals surface area contributed by atoms with Crippen LogP contribution in [0.15, 0.2) is 24.3 Å². The van der Waals surface area contributed by atoms with Gasteiger partial charge in [-0.1, -0.05) is 45.1 Å². The van der Waals surface area contributed by atoms with Gasteiger partial charge in [-0.05, 0) is 25.7 Å². The Labute approximate surface area is 88.1 Å². The van der Waals surface area contributed by atoms with E-state index in [2.05, 4.69) is 39.0 Å². The van der Waals surface area contributed by atoms with Crippen molar-refractivity contribution in [2.45, 2.75) is 40.5 Å². The van der Waals surface area contributed by atoms with E-state index in [0.717, 1.165) is 12.8 Å². The molecule has 0 saturated carbocycles. The van der Waals surface area contributed by atoms with Crippen LogP contribution in [0, 0.1) is 22.7 Å². The number of hydrogen-bond donors (Lipinski definition) is 0. The number of allylic oxidation sites excluding steroid dienone is 4. The lowest BCUT2D eigenvalue weighted by Crippen LogP contribution is -2.22. The molecule has 0 aromatic heterocycles. The summed E-state index contributed by atoms with van der Waals surface area (Å²) in [7, 11) is 0. The van der Waals surface area contributed by atoms with Gasteiger partial charge in [-0.3, -0.25) is 0 Å². The van der Waals surface area contributed by atoms with Gasteiger partial charge in [-0.2, -0.15) is 5.26 Å². The lowest BCUT2D eigenvalue weighted by Gasteiger charge is -2.25. The van der Waals surface area contributed by atoms with Gasteiger partial charge in [0, 0.05) is 0 Å². The Morgan fingerprint density at radius 3 is 2.36 bits per heavy atom. The molecular formula is C13H21N. The molecule has 0 rings (SSSR count). The molecule has 78 valence electrons. The summed E-state index contributed by atoms with van der Waals surface area (Å²) in [5.74, 6) is 0.352. The van der Waals surface area contributed by atoms with E-state index in [-0.39, 0.29) is 5.41 Å². The summed E-state index contributed by atoms with van der Waals surface area (Å²) in [6, 6.07) is 2.44. The van der Waals surface area contributed by atoms with E-state index in [9.17, 15) is 5.26 Å². The molecule has 0 saturated heterocycles. The maximum atomic E-state index is 9.24. The molecule has 0 aromatic carbocycles. The van der Waals surface area contributed by atoms with Gasteiger partial charge < -0.3 is 0 Å². The summed E-state index contributed by atoms with van der Waals surface area (Å²) in [6.45, 7) is 8.28. The SMILES string of the molecule is CC=CC(C#N)(CC=CCC)C(C)C. The third kappa shape index (κ3) is 3.38. The van der Waals surface area contributed by atoms with Crippen molar-refractivity contribution < 1.29 is 0 Å². The van der Waals surface area contributed by atoms with Crippen molar-refractivity contribution >= 4 is 0 Å². The zero-order chi connectivity index (χ0) is 11.0. The molecule has 1 heteroatoms. The Morgan fingerprint density at radius 1 is 1.36 bits per heavy atom. The minimum absolute atomic E-state index is 0.319. The van der Waals surface area contributed by atoms with E-state index in [4.69, 9.17) is 0 Å². The number of nitrogens with zero attached hydrogens (tertiary/aromatic N) is 1. The highest BCUT2D eigenvalue weighted by molar-refractivity contribution is 5.16. The van der Waals surface area contributed by atoms with Crippen LogP contribution in [0.2, 0.25) is 0 Å². The van der Waals surface area contributed by atoms with Crippen molar-refractivity contribution in [3.05, 3.63) is 24.3 Å². The highest BCUT2D eigenvalue weighted by Crippen LogP contribution is 2.33. The van der Waals surface area contributed by atoms with Gasteiger partial charge in [-0.15, -0.1) is 0 Å². The average Bonchev–Trinajstić information content (AvgIpc) is 2.16. The molecule has 0 N–H and O–H groups in total. The van der Waals surface area contributed by atoms with Gasteiger partial charge in [0.15, 0.2) is 0 Å². The second-order valence-corrected chi connectivity index (χ2v) is 3.89. The molecule has 0 aromatic rings. The Kier molecular flexibility index (Phi) is 5.95. The number of nitriles is 1. The van der Waals surface area contributed by atoms with Crippen molar-refractivity contribution in [1.29, 1.82) is 5.26 Å². The van der Waals surface area contributed by atoms with Crippen LogP contribution < -0.4 is 0 Å². The van der Waals surface area contributed by atoms with E-state index in [0.29, 0.717) is 5.92 Å². The van der Waals surface area contributed by atoms with E-state index in [1.54, 1.807) is 0 Å². The second-order valence-electron chi connectivity index (χ2n) is 3.89. The van der Waals surface area contributed by atoms with Crippen molar-refractivity contribution in [2.24, 2.45) is 11.3 Å². The first-order valence-corrected chi connectivity index (χ1v) is 5.33. The van der Waals surface area contributed by atoms with Crippen LogP contribution in [0.1, 0.15) is 40.5 Å². The molecule has 0 amide bonds. The van der Waals surface area contributed by atoms with Gasteiger partial charge in [0.1, 0.15) is 0 Å². The predicted octanol–water partition coefficient (Wildman–Crippen LogP) is 4.08. The fraction of sp³-hybridized carbons (Fsp3) is 0.615. The number of rotatable bonds is 5. The summed E-state index contributed by atoms with van der Waals surface area (Å²) in [5, 5.41) is 9.24. The lowest BCUT2D eigenvalue weighted by molar-refractivity contribution is 0.361. The fourth-order valence-corrected chi connectivity index (χ4v) is 1.45. The summed E-state index contributed by atoms with van der Waals surface area (Å²) < 4.78 is 0. The van der Waals surface area contributed by atoms with Crippen molar-refractivity contribution in [1.82, 2.24) is 0 Å². The topological polar surface area (TPSA) is 23.8 Å². The quantitative estimate of drug-likeness (QED) is 0.600. The first-order chi connectivity index (χ1) is 6.63. The van der Waals surface area contributed by atoms with E-state index in [1.165, 1.54) is 0 Å². The van der Waals surface area contributed by atoms with Crippen LogP contribution in [-0.4, -0.2) is 0 Å². The Hall–Kier alpha value is -1.03. The first kappa shape index (κ1) is 13.0. The number of hydrogen-bond acceptors (Lipinski definition) is 1. The normalized spacial score (nSPS) is 16.3. The van der Waals surface area contributed by atoms with E-state index < -0.39 is 0 Å². The maximum absolute atomic E-state index is 9.24. The average molecular weight is 191 g/mol. The predicted molar refractivity (Wildman–Crippen MR) is 61.7 cm³/mol. The summed E-state index contributed by atoms with van der Waals surface area (Å²) in [4.78, 5) is 0. The van der Waals surface area contributed by atoms with Gasteiger partial charge >= 0.3 is 0 Å². The minimum atomic E-state index is -0.319. The highest BCUT2D eigenvalue weighted by Gasteiger charge is 2.29. The highest BCUT2D eigenvalue weighted by atomic mass is 14.4. The molecule has 0 aliphatic heterocycles. The molecule has 14 heavy (non-hydrogen) atoms. The van der Waals surface area contributed by atoms with Crippen molar-refractivity contribution in [3.63, 3.8) is 0 Å². The molecule has 0 fully saturated rings. The van der Waals surface area contributed by atoms with Crippen LogP contribution in [0.3, 0.4) is 0 Å². The Morgan fingerprint density at radius 2 is 2.00 bits per heavy atom. The zero-order valence-electron chi connectivity index (χ0n) is 9.75. The largest absolute Gasteiger partial charge is 0.197 e. The summed E-state index contributed by atoms with van der Waals surface area (Å²) >= 11 is 0. The van der Waals surface area contributed by atoms with Crippen molar-refractivity contribution in [2.75, 3.05) is 0 Å². The Balaban J connectivity index is 4.70. The van der Waals surface area contributed by atoms with Crippen LogP contribution in [-0.2, 0) is 0 Å². The fourth-order valence-electron chi connectivity index (χ4n) is 1.45. The summed E-state index contributed by atoms with van der Waals surface area (Å²) in [5.41, 5.74) is -0.319. The molecule has 0 radical (unpaired) electrons. The van der Waals surface area contributed by atoms with E-state index >= 15 is 0 Å². The van der Waals surface area contributed by atoms with Crippen LogP contribution in [0.25, 0.3) is 0 Å². The second kappa shape index (κ2) is 6.43. The van der Waals surface area contributed by atoms with Gasteiger partial charge in [0.2, 0.25) is 0 Å². The van der Waals surface area contributed by atoms with Gasteiger partial charge in [-0.25, -0.2) is 0 Å². The van der Waals surface area contributed by atoms with Crippen LogP contribution >= 0.6 is 0 Å². The van der Waals surface area contributed by atoms with Crippen LogP contribution in [0.5, 0.6) is 0 Å². The molecule has 0 aliphatic rings. The lowest BCUT2D eigenvalue weighted by atomic mass is 9.75. The molecule has 1 nitrogen and oxygen atoms in total. The zero-order valence-corrected chi connectivity index (χ0v) is 9.75. The molecule has 0 bridgehead atoms. The summed E-state index contributed by atoms with van der Waals surface area (Å²) in [6.07, 6.45) is 10.1. The first-order valence-electron chi connectivity index (χ1n) is 5.33. The standard InChI is InChI=1S/C13H21N/c1-5-7-8-10-13(11-14,9-6-2)12(3)4/h6-9,12H,5,10H2,1-4H3. The molecule has 1 unspecified atom stereocenters. The minimum Gasteiger partial charge on any atom is -0.197 e. The van der Waals surface area contributed by atoms with Gasteiger partial charge in [0.05, 0.1) is 11.5 Å². The smallest absolute Gasteiger partial charge is 0.0810 e.